The van der Waals surface area contributed by atoms with Crippen molar-refractivity contribution < 1.29 is 14.0 Å². The lowest BCUT2D eigenvalue weighted by Crippen LogP contribution is -2.05. The van der Waals surface area contributed by atoms with Crippen LogP contribution in [0.3, 0.4) is 0 Å². The first-order chi connectivity index (χ1) is 13.5. The average Bonchev–Trinajstić information content (AvgIpc) is 3.31. The van der Waals surface area contributed by atoms with Crippen molar-refractivity contribution in [2.45, 2.75) is 0 Å². The number of hydrogen-bond donors (Lipinski definition) is 2. The Hall–Kier alpha value is -3.72. The highest BCUT2D eigenvalue weighted by Gasteiger charge is 2.14. The smallest absolute Gasteiger partial charge is 0.241 e. The lowest BCUT2D eigenvalue weighted by atomic mass is 10.1. The summed E-state index contributed by atoms with van der Waals surface area (Å²) in [5.41, 5.74) is 8.73. The first-order valence-electron chi connectivity index (χ1n) is 8.09. The number of aromatic nitrogens is 4. The van der Waals surface area contributed by atoms with Gasteiger partial charge in [-0.15, -0.1) is 0 Å². The summed E-state index contributed by atoms with van der Waals surface area (Å²) in [6.07, 6.45) is 7.13. The number of nitrogens with one attached hydrogen (secondary N) is 1. The molecule has 138 valence electrons. The standard InChI is InChI=1S/C19H12FN5O2S/c20-14-9-24-19(28-14)17(27)11-3-1-10(2-4-11)13-8-23-18-16(25-13)12(7-22-18)5-6-15(21)26/h1-9H,(H2,21,26)(H,22,23). The summed E-state index contributed by atoms with van der Waals surface area (Å²) in [7, 11) is 0. The minimum Gasteiger partial charge on any atom is -0.366 e. The second kappa shape index (κ2) is 7.12. The van der Waals surface area contributed by atoms with E-state index in [0.717, 1.165) is 11.8 Å². The van der Waals surface area contributed by atoms with Gasteiger partial charge in [-0.2, -0.15) is 4.39 Å². The quantitative estimate of drug-likeness (QED) is 0.400. The molecule has 3 N–H and O–H groups in total. The molecule has 0 saturated carbocycles. The number of fused-ring (bicyclic) bond motifs is 1. The van der Waals surface area contributed by atoms with Crippen molar-refractivity contribution in [3.05, 3.63) is 70.2 Å². The monoisotopic (exact) mass is 393 g/mol. The van der Waals surface area contributed by atoms with Crippen LogP contribution in [0, 0.1) is 5.13 Å². The highest BCUT2D eigenvalue weighted by molar-refractivity contribution is 7.12. The van der Waals surface area contributed by atoms with Gasteiger partial charge in [0.25, 0.3) is 0 Å². The third-order valence-electron chi connectivity index (χ3n) is 3.95. The molecule has 3 heterocycles. The zero-order valence-corrected chi connectivity index (χ0v) is 15.0. The van der Waals surface area contributed by atoms with Crippen LogP contribution < -0.4 is 5.73 Å². The molecule has 0 bridgehead atoms. The van der Waals surface area contributed by atoms with Gasteiger partial charge in [-0.05, 0) is 6.08 Å². The number of rotatable bonds is 5. The van der Waals surface area contributed by atoms with Crippen molar-refractivity contribution >= 4 is 40.3 Å². The molecule has 0 aliphatic heterocycles. The number of nitrogens with two attached hydrogens (primary N) is 1. The Labute approximate surface area is 161 Å². The van der Waals surface area contributed by atoms with Gasteiger partial charge in [0.05, 0.1) is 18.1 Å². The molecule has 0 unspecified atom stereocenters. The molecule has 3 aromatic heterocycles. The Kier molecular flexibility index (Phi) is 4.50. The maximum Gasteiger partial charge on any atom is 0.241 e. The number of thiazole rings is 1. The molecule has 9 heteroatoms. The lowest BCUT2D eigenvalue weighted by Gasteiger charge is -2.03. The minimum absolute atomic E-state index is 0.102. The molecular formula is C19H12FN5O2S. The van der Waals surface area contributed by atoms with Gasteiger partial charge < -0.3 is 10.7 Å². The SMILES string of the molecule is NC(=O)C=Cc1c[nH]c2ncc(-c3ccc(C(=O)c4ncc(F)s4)cc3)nc12. The van der Waals surface area contributed by atoms with E-state index in [4.69, 9.17) is 5.73 Å². The summed E-state index contributed by atoms with van der Waals surface area (Å²) in [5.74, 6) is -0.898. The number of aromatic amines is 1. The molecule has 0 atom stereocenters. The fourth-order valence-corrected chi connectivity index (χ4v) is 3.23. The highest BCUT2D eigenvalue weighted by Crippen LogP contribution is 2.23. The number of halogens is 1. The van der Waals surface area contributed by atoms with Crippen molar-refractivity contribution in [2.75, 3.05) is 0 Å². The molecule has 1 amide bonds. The summed E-state index contributed by atoms with van der Waals surface area (Å²) in [4.78, 5) is 38.9. The van der Waals surface area contributed by atoms with E-state index in [1.165, 1.54) is 6.08 Å². The van der Waals surface area contributed by atoms with E-state index in [2.05, 4.69) is 19.9 Å². The first kappa shape index (κ1) is 17.7. The summed E-state index contributed by atoms with van der Waals surface area (Å²) in [5, 5.41) is -0.402. The third kappa shape index (κ3) is 3.42. The first-order valence-corrected chi connectivity index (χ1v) is 8.91. The normalized spacial score (nSPS) is 11.3. The molecule has 0 aliphatic carbocycles. The van der Waals surface area contributed by atoms with Crippen LogP contribution >= 0.6 is 11.3 Å². The predicted molar refractivity (Wildman–Crippen MR) is 103 cm³/mol. The van der Waals surface area contributed by atoms with Crippen molar-refractivity contribution in [1.29, 1.82) is 0 Å². The van der Waals surface area contributed by atoms with Crippen LogP contribution in [0.2, 0.25) is 0 Å². The molecule has 7 nitrogen and oxygen atoms in total. The number of carbonyl (C=O) groups excluding carboxylic acids is 2. The third-order valence-corrected chi connectivity index (χ3v) is 4.74. The van der Waals surface area contributed by atoms with E-state index in [0.29, 0.717) is 39.3 Å². The summed E-state index contributed by atoms with van der Waals surface area (Å²) in [6, 6.07) is 6.74. The predicted octanol–water partition coefficient (Wildman–Crippen LogP) is 2.95. The second-order valence-electron chi connectivity index (χ2n) is 5.81. The van der Waals surface area contributed by atoms with Crippen molar-refractivity contribution in [3.8, 4) is 11.3 Å². The molecular weight excluding hydrogens is 381 g/mol. The van der Waals surface area contributed by atoms with Crippen LogP contribution in [0.15, 0.2) is 48.9 Å². The van der Waals surface area contributed by atoms with Crippen LogP contribution in [-0.2, 0) is 4.79 Å². The average molecular weight is 393 g/mol. The van der Waals surface area contributed by atoms with Gasteiger partial charge in [0.15, 0.2) is 15.8 Å². The Bertz CT molecular complexity index is 1230. The Morgan fingerprint density at radius 3 is 2.61 bits per heavy atom. The number of ketones is 1. The fraction of sp³-hybridized carbons (Fsp3) is 0. The number of benzene rings is 1. The van der Waals surface area contributed by atoms with Crippen LogP contribution in [0.5, 0.6) is 0 Å². The van der Waals surface area contributed by atoms with Crippen LogP contribution in [0.4, 0.5) is 4.39 Å². The van der Waals surface area contributed by atoms with Crippen LogP contribution in [0.1, 0.15) is 20.9 Å². The highest BCUT2D eigenvalue weighted by atomic mass is 32.1. The van der Waals surface area contributed by atoms with Gasteiger partial charge in [0.2, 0.25) is 11.7 Å². The number of H-pyrrole nitrogens is 1. The van der Waals surface area contributed by atoms with E-state index < -0.39 is 11.0 Å². The van der Waals surface area contributed by atoms with Crippen molar-refractivity contribution in [3.63, 3.8) is 0 Å². The van der Waals surface area contributed by atoms with Gasteiger partial charge >= 0.3 is 0 Å². The second-order valence-corrected chi connectivity index (χ2v) is 6.79. The topological polar surface area (TPSA) is 115 Å². The van der Waals surface area contributed by atoms with Crippen molar-refractivity contribution in [2.24, 2.45) is 5.73 Å². The number of amides is 1. The summed E-state index contributed by atoms with van der Waals surface area (Å²) >= 11 is 0.709. The fourth-order valence-electron chi connectivity index (χ4n) is 2.62. The molecule has 4 aromatic rings. The summed E-state index contributed by atoms with van der Waals surface area (Å²) < 4.78 is 13.1. The van der Waals surface area contributed by atoms with Gasteiger partial charge in [-0.1, -0.05) is 35.6 Å². The Morgan fingerprint density at radius 1 is 1.14 bits per heavy atom. The molecule has 0 saturated heterocycles. The van der Waals surface area contributed by atoms with Crippen LogP contribution in [-0.4, -0.2) is 31.6 Å². The number of nitrogens with zero attached hydrogens (tertiary/aromatic N) is 3. The minimum atomic E-state index is -0.557. The molecule has 0 radical (unpaired) electrons. The van der Waals surface area contributed by atoms with Gasteiger partial charge in [0.1, 0.15) is 5.52 Å². The zero-order valence-electron chi connectivity index (χ0n) is 14.2. The van der Waals surface area contributed by atoms with Crippen molar-refractivity contribution in [1.82, 2.24) is 19.9 Å². The van der Waals surface area contributed by atoms with E-state index in [1.54, 1.807) is 42.7 Å². The molecule has 1 aromatic carbocycles. The molecule has 4 rings (SSSR count). The van der Waals surface area contributed by atoms with Gasteiger partial charge in [0, 0.05) is 29.0 Å². The van der Waals surface area contributed by atoms with Gasteiger partial charge in [-0.3, -0.25) is 9.59 Å². The van der Waals surface area contributed by atoms with E-state index in [-0.39, 0.29) is 10.8 Å². The number of carbonyl (C=O) groups is 2. The van der Waals surface area contributed by atoms with Gasteiger partial charge in [-0.25, -0.2) is 15.0 Å². The maximum absolute atomic E-state index is 13.1. The Morgan fingerprint density at radius 2 is 1.93 bits per heavy atom. The molecule has 0 spiro atoms. The van der Waals surface area contributed by atoms with Crippen LogP contribution in [0.25, 0.3) is 28.5 Å². The number of hydrogen-bond acceptors (Lipinski definition) is 6. The molecule has 0 fully saturated rings. The van der Waals surface area contributed by atoms with E-state index in [1.807, 2.05) is 0 Å². The lowest BCUT2D eigenvalue weighted by molar-refractivity contribution is -0.113. The summed E-state index contributed by atoms with van der Waals surface area (Å²) in [6.45, 7) is 0. The largest absolute Gasteiger partial charge is 0.366 e. The molecule has 0 aliphatic rings. The van der Waals surface area contributed by atoms with E-state index >= 15 is 0 Å². The Balaban J connectivity index is 1.65. The maximum atomic E-state index is 13.1. The molecule has 28 heavy (non-hydrogen) atoms. The number of primary amides is 1. The zero-order chi connectivity index (χ0) is 19.7. The van der Waals surface area contributed by atoms with E-state index in [9.17, 15) is 14.0 Å².